The van der Waals surface area contributed by atoms with Gasteiger partial charge in [-0.15, -0.1) is 0 Å². The summed E-state index contributed by atoms with van der Waals surface area (Å²) in [6, 6.07) is 6.09. The van der Waals surface area contributed by atoms with Gasteiger partial charge in [-0.25, -0.2) is 9.37 Å². The Hall–Kier alpha value is -0.910. The van der Waals surface area contributed by atoms with Crippen LogP contribution in [0.1, 0.15) is 5.69 Å². The third-order valence-electron chi connectivity index (χ3n) is 1.78. The number of hydrogen-bond donors (Lipinski definition) is 0. The predicted octanol–water partition coefficient (Wildman–Crippen LogP) is 3.42. The molecular formula is C10H7FINO. The van der Waals surface area contributed by atoms with E-state index in [-0.39, 0.29) is 5.82 Å². The highest BCUT2D eigenvalue weighted by Crippen LogP contribution is 2.19. The molecule has 0 spiro atoms. The van der Waals surface area contributed by atoms with Crippen LogP contribution >= 0.6 is 22.6 Å². The number of benzene rings is 1. The van der Waals surface area contributed by atoms with Crippen molar-refractivity contribution in [2.75, 3.05) is 0 Å². The third kappa shape index (κ3) is 1.95. The van der Waals surface area contributed by atoms with Gasteiger partial charge in [0.15, 0.2) is 0 Å². The minimum atomic E-state index is -0.255. The fourth-order valence-corrected chi connectivity index (χ4v) is 1.44. The van der Waals surface area contributed by atoms with Gasteiger partial charge in [0.25, 0.3) is 0 Å². The lowest BCUT2D eigenvalue weighted by atomic mass is 10.2. The molecule has 0 saturated heterocycles. The first kappa shape index (κ1) is 9.64. The minimum absolute atomic E-state index is 0.255. The van der Waals surface area contributed by atoms with Gasteiger partial charge in [0.05, 0.1) is 5.69 Å². The molecule has 2 aromatic rings. The summed E-state index contributed by atoms with van der Waals surface area (Å²) in [5.41, 5.74) is 1.69. The number of aromatic nitrogens is 1. The number of nitrogens with zero attached hydrogens (tertiary/aromatic N) is 1. The van der Waals surface area contributed by atoms with Crippen LogP contribution in [0.25, 0.3) is 11.5 Å². The summed E-state index contributed by atoms with van der Waals surface area (Å²) in [5, 5.41) is 0. The first-order chi connectivity index (χ1) is 6.79. The second kappa shape index (κ2) is 4.08. The lowest BCUT2D eigenvalue weighted by Crippen LogP contribution is -1.80. The molecule has 0 aliphatic heterocycles. The molecule has 0 fully saturated rings. The van der Waals surface area contributed by atoms with Crippen molar-refractivity contribution in [3.8, 4) is 11.5 Å². The van der Waals surface area contributed by atoms with Crippen LogP contribution in [-0.2, 0) is 4.43 Å². The molecule has 0 saturated carbocycles. The van der Waals surface area contributed by atoms with Crippen LogP contribution in [0.15, 0.2) is 34.9 Å². The van der Waals surface area contributed by atoms with E-state index in [1.165, 1.54) is 12.1 Å². The number of rotatable bonds is 2. The van der Waals surface area contributed by atoms with E-state index in [2.05, 4.69) is 27.6 Å². The van der Waals surface area contributed by atoms with Gasteiger partial charge >= 0.3 is 0 Å². The Morgan fingerprint density at radius 2 is 2.00 bits per heavy atom. The number of alkyl halides is 1. The number of halogens is 2. The van der Waals surface area contributed by atoms with Crippen LogP contribution in [0, 0.1) is 5.82 Å². The zero-order chi connectivity index (χ0) is 9.97. The predicted molar refractivity (Wildman–Crippen MR) is 59.6 cm³/mol. The Labute approximate surface area is 94.3 Å². The molecular weight excluding hydrogens is 296 g/mol. The molecule has 4 heteroatoms. The van der Waals surface area contributed by atoms with E-state index in [1.807, 2.05) is 0 Å². The monoisotopic (exact) mass is 303 g/mol. The highest BCUT2D eigenvalue weighted by molar-refractivity contribution is 14.1. The molecule has 1 heterocycles. The van der Waals surface area contributed by atoms with Gasteiger partial charge in [-0.3, -0.25) is 0 Å². The maximum absolute atomic E-state index is 12.6. The van der Waals surface area contributed by atoms with Crippen molar-refractivity contribution in [3.05, 3.63) is 42.0 Å². The maximum Gasteiger partial charge on any atom is 0.226 e. The van der Waals surface area contributed by atoms with E-state index >= 15 is 0 Å². The van der Waals surface area contributed by atoms with Crippen molar-refractivity contribution < 1.29 is 8.81 Å². The smallest absolute Gasteiger partial charge is 0.226 e. The molecule has 72 valence electrons. The van der Waals surface area contributed by atoms with Crippen molar-refractivity contribution in [3.63, 3.8) is 0 Å². The van der Waals surface area contributed by atoms with Crippen molar-refractivity contribution in [2.24, 2.45) is 0 Å². The standard InChI is InChI=1S/C10H7FINO/c11-8-3-1-7(2-4-8)10-13-9(5-12)6-14-10/h1-4,6H,5H2. The highest BCUT2D eigenvalue weighted by Gasteiger charge is 2.05. The molecule has 0 atom stereocenters. The summed E-state index contributed by atoms with van der Waals surface area (Å²) >= 11 is 2.21. The number of oxazole rings is 1. The average Bonchev–Trinajstić information content (AvgIpc) is 2.67. The number of hydrogen-bond acceptors (Lipinski definition) is 2. The summed E-state index contributed by atoms with van der Waals surface area (Å²) < 4.78 is 18.7. The summed E-state index contributed by atoms with van der Waals surface area (Å²) in [6.45, 7) is 0. The molecule has 0 aliphatic carbocycles. The van der Waals surface area contributed by atoms with Gasteiger partial charge < -0.3 is 4.42 Å². The van der Waals surface area contributed by atoms with Gasteiger partial charge in [0, 0.05) is 9.99 Å². The van der Waals surface area contributed by atoms with Crippen molar-refractivity contribution >= 4 is 22.6 Å². The average molecular weight is 303 g/mol. The van der Waals surface area contributed by atoms with E-state index in [1.54, 1.807) is 18.4 Å². The summed E-state index contributed by atoms with van der Waals surface area (Å²) in [5.74, 6) is 0.283. The van der Waals surface area contributed by atoms with Gasteiger partial charge in [-0.2, -0.15) is 0 Å². The van der Waals surface area contributed by atoms with Gasteiger partial charge in [0.1, 0.15) is 12.1 Å². The van der Waals surface area contributed by atoms with E-state index < -0.39 is 0 Å². The zero-order valence-corrected chi connectivity index (χ0v) is 9.36. The molecule has 0 radical (unpaired) electrons. The Balaban J connectivity index is 2.34. The Morgan fingerprint density at radius 1 is 1.29 bits per heavy atom. The first-order valence-electron chi connectivity index (χ1n) is 4.06. The van der Waals surface area contributed by atoms with Crippen molar-refractivity contribution in [1.82, 2.24) is 4.98 Å². The molecule has 14 heavy (non-hydrogen) atoms. The Kier molecular flexibility index (Phi) is 2.81. The summed E-state index contributed by atoms with van der Waals surface area (Å²) in [7, 11) is 0. The Bertz CT molecular complexity index is 424. The molecule has 0 amide bonds. The topological polar surface area (TPSA) is 26.0 Å². The van der Waals surface area contributed by atoms with Crippen LogP contribution in [-0.4, -0.2) is 4.98 Å². The fraction of sp³-hybridized carbons (Fsp3) is 0.100. The molecule has 1 aromatic carbocycles. The normalized spacial score (nSPS) is 10.4. The molecule has 0 N–H and O–H groups in total. The van der Waals surface area contributed by atoms with E-state index in [9.17, 15) is 4.39 Å². The van der Waals surface area contributed by atoms with Gasteiger partial charge in [0.2, 0.25) is 5.89 Å². The quantitative estimate of drug-likeness (QED) is 0.627. The zero-order valence-electron chi connectivity index (χ0n) is 7.21. The van der Waals surface area contributed by atoms with Crippen molar-refractivity contribution in [2.45, 2.75) is 4.43 Å². The molecule has 2 nitrogen and oxygen atoms in total. The second-order valence-electron chi connectivity index (χ2n) is 2.78. The molecule has 0 bridgehead atoms. The van der Waals surface area contributed by atoms with E-state index in [4.69, 9.17) is 4.42 Å². The first-order valence-corrected chi connectivity index (χ1v) is 5.58. The lowest BCUT2D eigenvalue weighted by Gasteiger charge is -1.93. The summed E-state index contributed by atoms with van der Waals surface area (Å²) in [4.78, 5) is 4.23. The maximum atomic E-state index is 12.6. The molecule has 0 unspecified atom stereocenters. The van der Waals surface area contributed by atoms with E-state index in [0.29, 0.717) is 5.89 Å². The fourth-order valence-electron chi connectivity index (χ4n) is 1.09. The highest BCUT2D eigenvalue weighted by atomic mass is 127. The molecule has 1 aromatic heterocycles. The van der Waals surface area contributed by atoms with Crippen LogP contribution < -0.4 is 0 Å². The molecule has 2 rings (SSSR count). The van der Waals surface area contributed by atoms with Crippen LogP contribution in [0.3, 0.4) is 0 Å². The summed E-state index contributed by atoms with van der Waals surface area (Å²) in [6.07, 6.45) is 1.62. The van der Waals surface area contributed by atoms with Crippen LogP contribution in [0.5, 0.6) is 0 Å². The van der Waals surface area contributed by atoms with Crippen molar-refractivity contribution in [1.29, 1.82) is 0 Å². The third-order valence-corrected chi connectivity index (χ3v) is 2.56. The Morgan fingerprint density at radius 3 is 2.57 bits per heavy atom. The minimum Gasteiger partial charge on any atom is -0.444 e. The second-order valence-corrected chi connectivity index (χ2v) is 3.55. The lowest BCUT2D eigenvalue weighted by molar-refractivity contribution is 0.573. The molecule has 0 aliphatic rings. The van der Waals surface area contributed by atoms with Gasteiger partial charge in [-0.05, 0) is 24.3 Å². The van der Waals surface area contributed by atoms with Crippen LogP contribution in [0.4, 0.5) is 4.39 Å². The van der Waals surface area contributed by atoms with E-state index in [0.717, 1.165) is 15.7 Å². The largest absolute Gasteiger partial charge is 0.444 e. The SMILES string of the molecule is Fc1ccc(-c2nc(CI)co2)cc1. The van der Waals surface area contributed by atoms with Gasteiger partial charge in [-0.1, -0.05) is 22.6 Å². The van der Waals surface area contributed by atoms with Crippen LogP contribution in [0.2, 0.25) is 0 Å².